The van der Waals surface area contributed by atoms with Crippen molar-refractivity contribution in [2.24, 2.45) is 24.8 Å². The first kappa shape index (κ1) is 14.6. The van der Waals surface area contributed by atoms with Gasteiger partial charge in [-0.15, -0.1) is 0 Å². The molecular formula is C16H29N3. The van der Waals surface area contributed by atoms with Gasteiger partial charge in [0.25, 0.3) is 0 Å². The lowest BCUT2D eigenvalue weighted by Gasteiger charge is -2.36. The van der Waals surface area contributed by atoms with E-state index in [1.54, 1.807) is 0 Å². The first-order valence-electron chi connectivity index (χ1n) is 7.85. The highest BCUT2D eigenvalue weighted by Crippen LogP contribution is 2.37. The van der Waals surface area contributed by atoms with Gasteiger partial charge in [-0.2, -0.15) is 0 Å². The Kier molecular flexibility index (Phi) is 5.44. The predicted molar refractivity (Wildman–Crippen MR) is 80.1 cm³/mol. The van der Waals surface area contributed by atoms with Crippen LogP contribution in [0.25, 0.3) is 0 Å². The van der Waals surface area contributed by atoms with Gasteiger partial charge in [0.2, 0.25) is 0 Å². The molecule has 2 rings (SSSR count). The van der Waals surface area contributed by atoms with Crippen LogP contribution < -0.4 is 5.32 Å². The molecule has 3 atom stereocenters. The second-order valence-electron chi connectivity index (χ2n) is 6.16. The Balaban J connectivity index is 1.91. The monoisotopic (exact) mass is 263 g/mol. The van der Waals surface area contributed by atoms with Gasteiger partial charge in [-0.25, -0.2) is 4.98 Å². The Bertz CT molecular complexity index is 372. The quantitative estimate of drug-likeness (QED) is 0.855. The van der Waals surface area contributed by atoms with E-state index in [9.17, 15) is 0 Å². The molecule has 0 amide bonds. The highest BCUT2D eigenvalue weighted by atomic mass is 15.0. The van der Waals surface area contributed by atoms with Crippen LogP contribution in [0.15, 0.2) is 12.4 Å². The summed E-state index contributed by atoms with van der Waals surface area (Å²) in [6.45, 7) is 3.53. The van der Waals surface area contributed by atoms with E-state index in [0.29, 0.717) is 0 Å². The topological polar surface area (TPSA) is 29.9 Å². The average molecular weight is 263 g/mol. The highest BCUT2D eigenvalue weighted by molar-refractivity contribution is 4.92. The van der Waals surface area contributed by atoms with E-state index in [1.807, 2.05) is 6.20 Å². The van der Waals surface area contributed by atoms with E-state index in [4.69, 9.17) is 0 Å². The lowest BCUT2D eigenvalue weighted by atomic mass is 9.71. The molecule has 0 bridgehead atoms. The number of hydrogen-bond donors (Lipinski definition) is 1. The van der Waals surface area contributed by atoms with Crippen LogP contribution in [-0.2, 0) is 13.5 Å². The number of aryl methyl sites for hydroxylation is 2. The van der Waals surface area contributed by atoms with Gasteiger partial charge in [-0.05, 0) is 50.6 Å². The summed E-state index contributed by atoms with van der Waals surface area (Å²) in [6, 6.07) is 0. The van der Waals surface area contributed by atoms with Crippen LogP contribution in [0, 0.1) is 17.8 Å². The number of hydrogen-bond acceptors (Lipinski definition) is 2. The minimum Gasteiger partial charge on any atom is -0.338 e. The lowest BCUT2D eigenvalue weighted by Crippen LogP contribution is -2.32. The summed E-state index contributed by atoms with van der Waals surface area (Å²) in [7, 11) is 4.19. The molecule has 3 unspecified atom stereocenters. The fourth-order valence-electron chi connectivity index (χ4n) is 3.63. The summed E-state index contributed by atoms with van der Waals surface area (Å²) in [4.78, 5) is 4.46. The van der Waals surface area contributed by atoms with Crippen molar-refractivity contribution in [2.45, 2.75) is 45.4 Å². The summed E-state index contributed by atoms with van der Waals surface area (Å²) >= 11 is 0. The maximum Gasteiger partial charge on any atom is 0.108 e. The number of nitrogens with zero attached hydrogens (tertiary/aromatic N) is 2. The summed E-state index contributed by atoms with van der Waals surface area (Å²) in [5, 5.41) is 3.38. The third kappa shape index (κ3) is 3.82. The molecule has 0 aromatic carbocycles. The summed E-state index contributed by atoms with van der Waals surface area (Å²) in [5.41, 5.74) is 0. The molecule has 1 aliphatic carbocycles. The zero-order valence-corrected chi connectivity index (χ0v) is 12.7. The minimum absolute atomic E-state index is 0.869. The van der Waals surface area contributed by atoms with Crippen molar-refractivity contribution in [1.82, 2.24) is 14.9 Å². The van der Waals surface area contributed by atoms with Gasteiger partial charge in [0.05, 0.1) is 0 Å². The fraction of sp³-hybridized carbons (Fsp3) is 0.812. The molecule has 1 aliphatic rings. The third-order valence-corrected chi connectivity index (χ3v) is 4.95. The fourth-order valence-corrected chi connectivity index (χ4v) is 3.63. The summed E-state index contributed by atoms with van der Waals surface area (Å²) in [6.07, 6.45) is 12.0. The van der Waals surface area contributed by atoms with Gasteiger partial charge < -0.3 is 9.88 Å². The Morgan fingerprint density at radius 1 is 1.37 bits per heavy atom. The van der Waals surface area contributed by atoms with Gasteiger partial charge in [0.15, 0.2) is 0 Å². The van der Waals surface area contributed by atoms with Crippen LogP contribution in [0.2, 0.25) is 0 Å². The van der Waals surface area contributed by atoms with Crippen molar-refractivity contribution in [3.8, 4) is 0 Å². The van der Waals surface area contributed by atoms with Gasteiger partial charge in [-0.3, -0.25) is 0 Å². The first-order valence-corrected chi connectivity index (χ1v) is 7.85. The van der Waals surface area contributed by atoms with E-state index in [-0.39, 0.29) is 0 Å². The van der Waals surface area contributed by atoms with Gasteiger partial charge in [0.1, 0.15) is 5.82 Å². The van der Waals surface area contributed by atoms with E-state index < -0.39 is 0 Å². The van der Waals surface area contributed by atoms with Gasteiger partial charge in [-0.1, -0.05) is 19.8 Å². The van der Waals surface area contributed by atoms with Crippen LogP contribution >= 0.6 is 0 Å². The molecule has 0 spiro atoms. The van der Waals surface area contributed by atoms with E-state index in [1.165, 1.54) is 44.5 Å². The largest absolute Gasteiger partial charge is 0.338 e. The van der Waals surface area contributed by atoms with Crippen molar-refractivity contribution >= 4 is 0 Å². The van der Waals surface area contributed by atoms with Crippen LogP contribution in [0.3, 0.4) is 0 Å². The lowest BCUT2D eigenvalue weighted by molar-refractivity contribution is 0.164. The second-order valence-corrected chi connectivity index (χ2v) is 6.16. The smallest absolute Gasteiger partial charge is 0.108 e. The van der Waals surface area contributed by atoms with E-state index >= 15 is 0 Å². The van der Waals surface area contributed by atoms with E-state index in [2.05, 4.69) is 42.1 Å². The molecule has 19 heavy (non-hydrogen) atoms. The second kappa shape index (κ2) is 7.09. The van der Waals surface area contributed by atoms with Crippen LogP contribution in [0.4, 0.5) is 0 Å². The van der Waals surface area contributed by atoms with Crippen molar-refractivity contribution in [3.05, 3.63) is 18.2 Å². The van der Waals surface area contributed by atoms with Gasteiger partial charge >= 0.3 is 0 Å². The maximum atomic E-state index is 4.46. The van der Waals surface area contributed by atoms with Crippen molar-refractivity contribution in [2.75, 3.05) is 13.6 Å². The normalized spacial score (nSPS) is 27.6. The number of nitrogens with one attached hydrogen (secondary N) is 1. The molecule has 1 saturated carbocycles. The van der Waals surface area contributed by atoms with Crippen molar-refractivity contribution in [3.63, 3.8) is 0 Å². The molecule has 0 aliphatic heterocycles. The first-order chi connectivity index (χ1) is 9.24. The third-order valence-electron chi connectivity index (χ3n) is 4.95. The number of imidazole rings is 1. The standard InChI is InChI=1S/C16H29N3/c1-4-13-5-6-15(12-17-2)14(11-13)7-8-16-18-9-10-19(16)3/h9-10,13-15,17H,4-8,11-12H2,1-3H3. The zero-order chi connectivity index (χ0) is 13.7. The van der Waals surface area contributed by atoms with Crippen LogP contribution in [-0.4, -0.2) is 23.1 Å². The van der Waals surface area contributed by atoms with Gasteiger partial charge in [0, 0.05) is 25.9 Å². The molecule has 0 saturated heterocycles. The van der Waals surface area contributed by atoms with Crippen LogP contribution in [0.5, 0.6) is 0 Å². The van der Waals surface area contributed by atoms with Crippen molar-refractivity contribution in [1.29, 1.82) is 0 Å². The summed E-state index contributed by atoms with van der Waals surface area (Å²) in [5.74, 6) is 3.94. The molecule has 1 aromatic heterocycles. The molecule has 1 heterocycles. The highest BCUT2D eigenvalue weighted by Gasteiger charge is 2.29. The Morgan fingerprint density at radius 3 is 2.84 bits per heavy atom. The molecule has 1 fully saturated rings. The average Bonchev–Trinajstić information content (AvgIpc) is 2.83. The Labute approximate surface area is 117 Å². The Morgan fingerprint density at radius 2 is 2.21 bits per heavy atom. The maximum absolute atomic E-state index is 4.46. The zero-order valence-electron chi connectivity index (χ0n) is 12.7. The molecule has 0 radical (unpaired) electrons. The SMILES string of the molecule is CCC1CCC(CNC)C(CCc2nccn2C)C1. The molecule has 1 N–H and O–H groups in total. The summed E-state index contributed by atoms with van der Waals surface area (Å²) < 4.78 is 2.16. The number of aromatic nitrogens is 2. The predicted octanol–water partition coefficient (Wildman–Crippen LogP) is 3.01. The Hall–Kier alpha value is -0.830. The molecule has 3 heteroatoms. The van der Waals surface area contributed by atoms with Crippen LogP contribution in [0.1, 0.15) is 44.9 Å². The number of rotatable bonds is 6. The molecular weight excluding hydrogens is 234 g/mol. The van der Waals surface area contributed by atoms with Crippen molar-refractivity contribution < 1.29 is 0 Å². The molecule has 3 nitrogen and oxygen atoms in total. The molecule has 1 aromatic rings. The van der Waals surface area contributed by atoms with E-state index in [0.717, 1.165) is 24.2 Å². The molecule has 108 valence electrons. The minimum atomic E-state index is 0.869.